The predicted molar refractivity (Wildman–Crippen MR) is 128 cm³/mol. The highest BCUT2D eigenvalue weighted by Gasteiger charge is 2.62. The van der Waals surface area contributed by atoms with Gasteiger partial charge in [0.25, 0.3) is 11.5 Å². The lowest BCUT2D eigenvalue weighted by Crippen LogP contribution is -2.42. The van der Waals surface area contributed by atoms with Gasteiger partial charge in [0.15, 0.2) is 0 Å². The number of hydrogen-bond acceptors (Lipinski definition) is 4. The number of halogens is 7. The molecule has 0 fully saturated rings. The van der Waals surface area contributed by atoms with E-state index in [0.29, 0.717) is 0 Å². The van der Waals surface area contributed by atoms with Gasteiger partial charge in [0.1, 0.15) is 16.5 Å². The minimum absolute atomic E-state index is 0.0161. The number of benzene rings is 3. The van der Waals surface area contributed by atoms with Gasteiger partial charge < -0.3 is 4.84 Å². The van der Waals surface area contributed by atoms with E-state index in [1.54, 1.807) is 0 Å². The van der Waals surface area contributed by atoms with Crippen LogP contribution in [0.25, 0.3) is 0 Å². The van der Waals surface area contributed by atoms with Crippen molar-refractivity contribution in [3.63, 3.8) is 0 Å². The lowest BCUT2D eigenvalue weighted by Gasteiger charge is -2.29. The van der Waals surface area contributed by atoms with Gasteiger partial charge in [-0.3, -0.25) is 4.79 Å². The summed E-state index contributed by atoms with van der Waals surface area (Å²) >= 11 is 11.8. The number of alkyl halides is 3. The molecule has 1 aliphatic heterocycles. The standard InChI is InChI=1S/C24H15Cl2F5N2O3S/c1-37(35,21-18(27)3-2-4-19(21)28)33-22(34)14-7-5-13(6-8-14)20-12-23(36-32-20,24(29,30)31)15-9-16(25)11-17(26)10-15/h2-11H,12H2,1H3. The summed E-state index contributed by atoms with van der Waals surface area (Å²) < 4.78 is 86.8. The largest absolute Gasteiger partial charge is 0.435 e. The van der Waals surface area contributed by atoms with Gasteiger partial charge in [0, 0.05) is 33.8 Å². The van der Waals surface area contributed by atoms with Gasteiger partial charge in [-0.05, 0) is 48.0 Å². The molecule has 0 radical (unpaired) electrons. The van der Waals surface area contributed by atoms with Crippen LogP contribution in [0.4, 0.5) is 22.0 Å². The lowest BCUT2D eigenvalue weighted by molar-refractivity contribution is -0.275. The Morgan fingerprint density at radius 1 is 1.03 bits per heavy atom. The van der Waals surface area contributed by atoms with Crippen molar-refractivity contribution >= 4 is 44.5 Å². The van der Waals surface area contributed by atoms with Crippen LogP contribution in [0, 0.1) is 11.6 Å². The van der Waals surface area contributed by atoms with E-state index in [4.69, 9.17) is 28.0 Å². The number of oxime groups is 1. The van der Waals surface area contributed by atoms with Crippen LogP contribution >= 0.6 is 23.2 Å². The lowest BCUT2D eigenvalue weighted by atomic mass is 9.86. The molecule has 0 spiro atoms. The molecule has 0 saturated heterocycles. The molecule has 0 N–H and O–H groups in total. The van der Waals surface area contributed by atoms with Crippen LogP contribution in [-0.4, -0.2) is 28.3 Å². The van der Waals surface area contributed by atoms with Crippen LogP contribution in [0.3, 0.4) is 0 Å². The first-order chi connectivity index (χ1) is 17.2. The smallest absolute Gasteiger partial charge is 0.374 e. The third kappa shape index (κ3) is 5.21. The fourth-order valence-electron chi connectivity index (χ4n) is 3.75. The summed E-state index contributed by atoms with van der Waals surface area (Å²) in [5, 5.41) is 3.60. The Morgan fingerprint density at radius 2 is 1.59 bits per heavy atom. The van der Waals surface area contributed by atoms with Crippen molar-refractivity contribution in [1.29, 1.82) is 0 Å². The molecule has 0 aromatic heterocycles. The van der Waals surface area contributed by atoms with Gasteiger partial charge in [-0.25, -0.2) is 13.0 Å². The van der Waals surface area contributed by atoms with Gasteiger partial charge in [0.2, 0.25) is 0 Å². The van der Waals surface area contributed by atoms with Gasteiger partial charge in [-0.1, -0.05) is 46.6 Å². The molecule has 0 aliphatic carbocycles. The Morgan fingerprint density at radius 3 is 2.14 bits per heavy atom. The third-order valence-corrected chi connectivity index (χ3v) is 7.63. The van der Waals surface area contributed by atoms with Crippen molar-refractivity contribution in [2.45, 2.75) is 23.1 Å². The molecule has 13 heteroatoms. The maximum absolute atomic E-state index is 14.2. The van der Waals surface area contributed by atoms with Crippen LogP contribution in [0.1, 0.15) is 27.9 Å². The Labute approximate surface area is 218 Å². The number of amides is 1. The molecule has 1 heterocycles. The molecular formula is C24H15Cl2F5N2O3S. The van der Waals surface area contributed by atoms with E-state index < -0.39 is 50.4 Å². The zero-order valence-electron chi connectivity index (χ0n) is 18.7. The summed E-state index contributed by atoms with van der Waals surface area (Å²) in [6, 6.07) is 11.3. The van der Waals surface area contributed by atoms with Gasteiger partial charge in [-0.15, -0.1) is 0 Å². The summed E-state index contributed by atoms with van der Waals surface area (Å²) in [4.78, 5) is 16.7. The van der Waals surface area contributed by atoms with E-state index >= 15 is 0 Å². The van der Waals surface area contributed by atoms with Crippen LogP contribution in [0.15, 0.2) is 75.1 Å². The van der Waals surface area contributed by atoms with Crippen molar-refractivity contribution in [1.82, 2.24) is 0 Å². The average Bonchev–Trinajstić information content (AvgIpc) is 3.25. The number of carbonyl (C=O) groups is 1. The minimum atomic E-state index is -4.88. The molecule has 0 saturated carbocycles. The highest BCUT2D eigenvalue weighted by molar-refractivity contribution is 7.93. The van der Waals surface area contributed by atoms with Crippen molar-refractivity contribution in [3.8, 4) is 0 Å². The van der Waals surface area contributed by atoms with E-state index in [9.17, 15) is 31.0 Å². The summed E-state index contributed by atoms with van der Waals surface area (Å²) in [5.41, 5.74) is -3.15. The molecule has 2 atom stereocenters. The molecule has 2 unspecified atom stereocenters. The topological polar surface area (TPSA) is 68.1 Å². The predicted octanol–water partition coefficient (Wildman–Crippen LogP) is 7.15. The molecule has 1 amide bonds. The summed E-state index contributed by atoms with van der Waals surface area (Å²) in [5.74, 6) is -3.27. The van der Waals surface area contributed by atoms with Crippen LogP contribution in [-0.2, 0) is 20.2 Å². The second-order valence-corrected chi connectivity index (χ2v) is 11.2. The quantitative estimate of drug-likeness (QED) is 0.310. The fraction of sp³-hybridized carbons (Fsp3) is 0.167. The van der Waals surface area contributed by atoms with Crippen molar-refractivity contribution < 1.29 is 35.8 Å². The number of rotatable bonds is 4. The van der Waals surface area contributed by atoms with Gasteiger partial charge >= 0.3 is 6.18 Å². The van der Waals surface area contributed by atoms with E-state index in [0.717, 1.165) is 36.6 Å². The summed E-state index contributed by atoms with van der Waals surface area (Å²) in [6.45, 7) is 0. The highest BCUT2D eigenvalue weighted by Crippen LogP contribution is 2.49. The first-order valence-corrected chi connectivity index (χ1v) is 13.0. The second kappa shape index (κ2) is 9.70. The highest BCUT2D eigenvalue weighted by atomic mass is 35.5. The molecule has 5 nitrogen and oxygen atoms in total. The maximum atomic E-state index is 14.2. The van der Waals surface area contributed by atoms with Gasteiger partial charge in [0.05, 0.1) is 15.4 Å². The maximum Gasteiger partial charge on any atom is 0.435 e. The Balaban J connectivity index is 1.62. The van der Waals surface area contributed by atoms with Crippen molar-refractivity contribution in [2.24, 2.45) is 9.52 Å². The van der Waals surface area contributed by atoms with E-state index in [1.165, 1.54) is 30.3 Å². The fourth-order valence-corrected chi connectivity index (χ4v) is 5.65. The Bertz CT molecular complexity index is 1510. The van der Waals surface area contributed by atoms with Gasteiger partial charge in [-0.2, -0.15) is 17.5 Å². The van der Waals surface area contributed by atoms with E-state index in [-0.39, 0.29) is 32.4 Å². The number of hydrogen-bond donors (Lipinski definition) is 0. The first-order valence-electron chi connectivity index (χ1n) is 10.3. The van der Waals surface area contributed by atoms with Crippen LogP contribution < -0.4 is 0 Å². The zero-order chi connectivity index (χ0) is 27.2. The minimum Gasteiger partial charge on any atom is -0.374 e. The Hall–Kier alpha value is -3.02. The molecule has 3 aromatic rings. The van der Waals surface area contributed by atoms with E-state index in [1.807, 2.05) is 0 Å². The number of nitrogens with zero attached hydrogens (tertiary/aromatic N) is 2. The molecular weight excluding hydrogens is 562 g/mol. The zero-order valence-corrected chi connectivity index (χ0v) is 21.0. The average molecular weight is 577 g/mol. The molecule has 3 aromatic carbocycles. The second-order valence-electron chi connectivity index (χ2n) is 8.12. The molecule has 1 aliphatic rings. The van der Waals surface area contributed by atoms with E-state index in [2.05, 4.69) is 9.52 Å². The summed E-state index contributed by atoms with van der Waals surface area (Å²) in [6.07, 6.45) is -4.67. The third-order valence-electron chi connectivity index (χ3n) is 5.53. The van der Waals surface area contributed by atoms with Crippen molar-refractivity contribution in [2.75, 3.05) is 6.26 Å². The molecule has 4 rings (SSSR count). The normalized spacial score (nSPS) is 19.1. The SMILES string of the molecule is CS(=O)(=NC(=O)c1ccc(C2=NOC(c3cc(Cl)cc(Cl)c3)(C(F)(F)F)C2)cc1)c1c(F)cccc1F. The van der Waals surface area contributed by atoms with Crippen LogP contribution in [0.2, 0.25) is 10.0 Å². The Kier molecular flexibility index (Phi) is 7.08. The molecule has 0 bridgehead atoms. The first kappa shape index (κ1) is 27.0. The monoisotopic (exact) mass is 576 g/mol. The van der Waals surface area contributed by atoms with Crippen LogP contribution in [0.5, 0.6) is 0 Å². The molecule has 194 valence electrons. The summed E-state index contributed by atoms with van der Waals surface area (Å²) in [7, 11) is -3.78. The van der Waals surface area contributed by atoms with Crippen molar-refractivity contribution in [3.05, 3.63) is 99.0 Å². The number of carbonyl (C=O) groups excluding carboxylic acids is 1. The molecule has 37 heavy (non-hydrogen) atoms.